The lowest BCUT2D eigenvalue weighted by atomic mass is 9.87. The zero-order valence-corrected chi connectivity index (χ0v) is 14.8. The number of nitrogens with two attached hydrogens (primary N) is 1. The van der Waals surface area contributed by atoms with Gasteiger partial charge in [0.05, 0.1) is 12.8 Å². The maximum atomic E-state index is 5.56. The van der Waals surface area contributed by atoms with Crippen molar-refractivity contribution in [2.24, 2.45) is 16.2 Å². The third-order valence-electron chi connectivity index (χ3n) is 5.56. The highest BCUT2D eigenvalue weighted by Gasteiger charge is 2.29. The van der Waals surface area contributed by atoms with Gasteiger partial charge in [0.25, 0.3) is 0 Å². The first-order valence-corrected chi connectivity index (χ1v) is 8.92. The molecular weight excluding hydrogens is 302 g/mol. The van der Waals surface area contributed by atoms with E-state index >= 15 is 0 Å². The van der Waals surface area contributed by atoms with Crippen molar-refractivity contribution in [2.75, 3.05) is 40.3 Å². The SMILES string of the molecule is COc1ccc(N=NN)cc1C1CCN(C2CCN(C)CC2)CC1. The van der Waals surface area contributed by atoms with Crippen LogP contribution in [0.5, 0.6) is 5.75 Å². The number of benzene rings is 1. The Morgan fingerprint density at radius 2 is 1.79 bits per heavy atom. The topological polar surface area (TPSA) is 66.5 Å². The smallest absolute Gasteiger partial charge is 0.122 e. The number of nitrogens with zero attached hydrogens (tertiary/aromatic N) is 4. The first-order valence-electron chi connectivity index (χ1n) is 8.92. The van der Waals surface area contributed by atoms with Crippen LogP contribution in [-0.4, -0.2) is 56.2 Å². The van der Waals surface area contributed by atoms with Crippen molar-refractivity contribution in [3.63, 3.8) is 0 Å². The predicted molar refractivity (Wildman–Crippen MR) is 95.8 cm³/mol. The molecule has 1 aromatic rings. The Hall–Kier alpha value is -1.66. The third kappa shape index (κ3) is 3.87. The molecule has 2 fully saturated rings. The van der Waals surface area contributed by atoms with E-state index in [1.807, 2.05) is 12.1 Å². The molecule has 2 heterocycles. The van der Waals surface area contributed by atoms with Crippen molar-refractivity contribution in [3.8, 4) is 5.75 Å². The summed E-state index contributed by atoms with van der Waals surface area (Å²) in [4.78, 5) is 5.13. The van der Waals surface area contributed by atoms with Crippen LogP contribution in [-0.2, 0) is 0 Å². The van der Waals surface area contributed by atoms with Gasteiger partial charge in [-0.1, -0.05) is 5.22 Å². The van der Waals surface area contributed by atoms with Gasteiger partial charge >= 0.3 is 0 Å². The normalized spacial score (nSPS) is 22.2. The molecule has 0 aromatic heterocycles. The van der Waals surface area contributed by atoms with Gasteiger partial charge in [0.1, 0.15) is 5.75 Å². The summed E-state index contributed by atoms with van der Waals surface area (Å²) in [5.41, 5.74) is 2.04. The highest BCUT2D eigenvalue weighted by molar-refractivity contribution is 5.48. The molecule has 0 bridgehead atoms. The highest BCUT2D eigenvalue weighted by atomic mass is 16.5. The largest absolute Gasteiger partial charge is 0.496 e. The minimum atomic E-state index is 0.524. The first kappa shape index (κ1) is 17.2. The Bertz CT molecular complexity index is 561. The van der Waals surface area contributed by atoms with Gasteiger partial charge < -0.3 is 20.4 Å². The van der Waals surface area contributed by atoms with Gasteiger partial charge in [0.2, 0.25) is 0 Å². The molecule has 0 unspecified atom stereocenters. The molecule has 6 heteroatoms. The summed E-state index contributed by atoms with van der Waals surface area (Å²) in [6, 6.07) is 6.71. The molecule has 24 heavy (non-hydrogen) atoms. The molecule has 1 aromatic carbocycles. The maximum absolute atomic E-state index is 5.56. The Morgan fingerprint density at radius 1 is 1.08 bits per heavy atom. The summed E-state index contributed by atoms with van der Waals surface area (Å²) in [5.74, 6) is 6.66. The second-order valence-corrected chi connectivity index (χ2v) is 6.99. The summed E-state index contributed by atoms with van der Waals surface area (Å²) in [7, 11) is 3.96. The van der Waals surface area contributed by atoms with Gasteiger partial charge in [-0.15, -0.1) is 5.11 Å². The lowest BCUT2D eigenvalue weighted by Gasteiger charge is -2.41. The minimum absolute atomic E-state index is 0.524. The van der Waals surface area contributed by atoms with Crippen molar-refractivity contribution in [1.82, 2.24) is 9.80 Å². The van der Waals surface area contributed by atoms with E-state index in [0.717, 1.165) is 17.5 Å². The zero-order valence-electron chi connectivity index (χ0n) is 14.8. The molecule has 2 saturated heterocycles. The monoisotopic (exact) mass is 331 g/mol. The van der Waals surface area contributed by atoms with Crippen LogP contribution in [0.15, 0.2) is 28.5 Å². The summed E-state index contributed by atoms with van der Waals surface area (Å²) in [6.07, 6.45) is 4.95. The van der Waals surface area contributed by atoms with E-state index in [4.69, 9.17) is 10.6 Å². The fourth-order valence-corrected chi connectivity index (χ4v) is 4.11. The van der Waals surface area contributed by atoms with Gasteiger partial charge in [-0.05, 0) is 88.6 Å². The maximum Gasteiger partial charge on any atom is 0.122 e. The molecule has 0 radical (unpaired) electrons. The molecule has 0 atom stereocenters. The Morgan fingerprint density at radius 3 is 2.42 bits per heavy atom. The van der Waals surface area contributed by atoms with Crippen LogP contribution in [0.3, 0.4) is 0 Å². The fourth-order valence-electron chi connectivity index (χ4n) is 4.11. The summed E-state index contributed by atoms with van der Waals surface area (Å²) >= 11 is 0. The zero-order chi connectivity index (χ0) is 16.9. The number of ether oxygens (including phenoxy) is 1. The number of rotatable bonds is 4. The van der Waals surface area contributed by atoms with Crippen molar-refractivity contribution in [1.29, 1.82) is 0 Å². The molecule has 2 N–H and O–H groups in total. The van der Waals surface area contributed by atoms with Crippen molar-refractivity contribution < 1.29 is 4.74 Å². The van der Waals surface area contributed by atoms with E-state index in [0.29, 0.717) is 5.92 Å². The Balaban J connectivity index is 1.64. The van der Waals surface area contributed by atoms with Gasteiger partial charge in [0.15, 0.2) is 0 Å². The number of hydrogen-bond donors (Lipinski definition) is 1. The minimum Gasteiger partial charge on any atom is -0.496 e. The van der Waals surface area contributed by atoms with Crippen molar-refractivity contribution in [2.45, 2.75) is 37.6 Å². The van der Waals surface area contributed by atoms with Crippen LogP contribution < -0.4 is 10.6 Å². The molecule has 0 spiro atoms. The molecular formula is C18H29N5O. The average Bonchev–Trinajstić information content (AvgIpc) is 2.63. The average molecular weight is 331 g/mol. The van der Waals surface area contributed by atoms with E-state index in [1.54, 1.807) is 7.11 Å². The van der Waals surface area contributed by atoms with Crippen LogP contribution in [0, 0.1) is 0 Å². The number of likely N-dealkylation sites (tertiary alicyclic amines) is 2. The summed E-state index contributed by atoms with van der Waals surface area (Å²) < 4.78 is 5.56. The summed E-state index contributed by atoms with van der Waals surface area (Å²) in [6.45, 7) is 4.80. The Labute approximate surface area is 144 Å². The second kappa shape index (κ2) is 7.94. The molecule has 0 aliphatic carbocycles. The molecule has 3 rings (SSSR count). The van der Waals surface area contributed by atoms with Crippen LogP contribution in [0.1, 0.15) is 37.2 Å². The standard InChI is InChI=1S/C18H29N5O/c1-22-9-7-16(8-10-22)23-11-5-14(6-12-23)17-13-15(20-21-19)3-4-18(17)24-2/h3-4,13-14,16H,5-12H2,1-2H3,(H2,19,20). The van der Waals surface area contributed by atoms with Crippen LogP contribution >= 0.6 is 0 Å². The van der Waals surface area contributed by atoms with Crippen molar-refractivity contribution in [3.05, 3.63) is 23.8 Å². The molecule has 2 aliphatic rings. The second-order valence-electron chi connectivity index (χ2n) is 6.99. The Kier molecular flexibility index (Phi) is 5.68. The van der Waals surface area contributed by atoms with Gasteiger partial charge in [0, 0.05) is 6.04 Å². The van der Waals surface area contributed by atoms with Crippen LogP contribution in [0.25, 0.3) is 0 Å². The first-order chi connectivity index (χ1) is 11.7. The van der Waals surface area contributed by atoms with E-state index in [-0.39, 0.29) is 0 Å². The third-order valence-corrected chi connectivity index (χ3v) is 5.56. The lowest BCUT2D eigenvalue weighted by molar-refractivity contribution is 0.0963. The lowest BCUT2D eigenvalue weighted by Crippen LogP contribution is -2.46. The molecule has 2 aliphatic heterocycles. The number of hydrogen-bond acceptors (Lipinski definition) is 5. The van der Waals surface area contributed by atoms with Gasteiger partial charge in [-0.3, -0.25) is 0 Å². The molecule has 0 amide bonds. The summed E-state index contributed by atoms with van der Waals surface area (Å²) in [5, 5.41) is 7.36. The molecule has 132 valence electrons. The van der Waals surface area contributed by atoms with E-state index in [9.17, 15) is 0 Å². The van der Waals surface area contributed by atoms with Crippen LogP contribution in [0.2, 0.25) is 0 Å². The molecule has 6 nitrogen and oxygen atoms in total. The number of methoxy groups -OCH3 is 1. The quantitative estimate of drug-likeness (QED) is 0.523. The van der Waals surface area contributed by atoms with E-state index < -0.39 is 0 Å². The van der Waals surface area contributed by atoms with E-state index in [2.05, 4.69) is 33.3 Å². The van der Waals surface area contributed by atoms with Crippen molar-refractivity contribution >= 4 is 5.69 Å². The van der Waals surface area contributed by atoms with Gasteiger partial charge in [-0.2, -0.15) is 0 Å². The van der Waals surface area contributed by atoms with Crippen LogP contribution in [0.4, 0.5) is 5.69 Å². The highest BCUT2D eigenvalue weighted by Crippen LogP contribution is 2.37. The van der Waals surface area contributed by atoms with Gasteiger partial charge in [-0.25, -0.2) is 0 Å². The fraction of sp³-hybridized carbons (Fsp3) is 0.667. The van der Waals surface area contributed by atoms with E-state index in [1.165, 1.54) is 57.4 Å². The predicted octanol–water partition coefficient (Wildman–Crippen LogP) is 2.93. The number of piperidine rings is 2. The molecule has 0 saturated carbocycles.